The molecule has 5 atom stereocenters. The molecule has 0 amide bonds. The lowest BCUT2D eigenvalue weighted by atomic mass is 9.97. The Bertz CT molecular complexity index is 1260. The Hall–Kier alpha value is -3.36. The zero-order chi connectivity index (χ0) is 28.1. The van der Waals surface area contributed by atoms with Gasteiger partial charge in [0.05, 0.1) is 33.0 Å². The van der Waals surface area contributed by atoms with Crippen LogP contribution in [-0.2, 0) is 54.8 Å². The predicted octanol–water partition coefficient (Wildman–Crippen LogP) is 6.33. The average molecular weight is 555 g/mol. The molecule has 214 valence electrons. The van der Waals surface area contributed by atoms with Crippen LogP contribution < -0.4 is 0 Å². The number of hydrogen-bond donors (Lipinski definition) is 0. The van der Waals surface area contributed by atoms with Gasteiger partial charge in [-0.1, -0.05) is 121 Å². The summed E-state index contributed by atoms with van der Waals surface area (Å²) >= 11 is 0. The molecule has 6 heteroatoms. The van der Waals surface area contributed by atoms with Crippen LogP contribution in [0.25, 0.3) is 0 Å². The minimum Gasteiger partial charge on any atom is -0.374 e. The van der Waals surface area contributed by atoms with Crippen LogP contribution in [0, 0.1) is 0 Å². The Balaban J connectivity index is 1.38. The summed E-state index contributed by atoms with van der Waals surface area (Å²) < 4.78 is 38.2. The summed E-state index contributed by atoms with van der Waals surface area (Å²) in [7, 11) is 1.63. The molecule has 1 unspecified atom stereocenters. The van der Waals surface area contributed by atoms with Gasteiger partial charge in [0, 0.05) is 7.11 Å². The first-order valence-corrected chi connectivity index (χ1v) is 14.1. The quantitative estimate of drug-likeness (QED) is 0.182. The van der Waals surface area contributed by atoms with E-state index in [1.54, 1.807) is 7.11 Å². The highest BCUT2D eigenvalue weighted by molar-refractivity contribution is 5.16. The summed E-state index contributed by atoms with van der Waals surface area (Å²) in [5, 5.41) is 0. The van der Waals surface area contributed by atoms with Gasteiger partial charge < -0.3 is 28.4 Å². The van der Waals surface area contributed by atoms with Crippen molar-refractivity contribution in [2.24, 2.45) is 0 Å². The summed E-state index contributed by atoms with van der Waals surface area (Å²) in [6.07, 6.45) is -2.59. The molecule has 1 saturated heterocycles. The van der Waals surface area contributed by atoms with Crippen LogP contribution in [0.15, 0.2) is 121 Å². The van der Waals surface area contributed by atoms with Crippen LogP contribution in [0.1, 0.15) is 22.3 Å². The zero-order valence-corrected chi connectivity index (χ0v) is 23.4. The van der Waals surface area contributed by atoms with Crippen molar-refractivity contribution < 1.29 is 28.4 Å². The Morgan fingerprint density at radius 3 is 1.32 bits per heavy atom. The van der Waals surface area contributed by atoms with E-state index in [1.165, 1.54) is 0 Å². The van der Waals surface area contributed by atoms with Gasteiger partial charge in [-0.25, -0.2) is 0 Å². The van der Waals surface area contributed by atoms with Crippen LogP contribution in [0.2, 0.25) is 0 Å². The molecule has 0 aliphatic carbocycles. The highest BCUT2D eigenvalue weighted by Gasteiger charge is 2.48. The van der Waals surface area contributed by atoms with Gasteiger partial charge in [-0.2, -0.15) is 0 Å². The van der Waals surface area contributed by atoms with Gasteiger partial charge in [0.25, 0.3) is 0 Å². The normalized spacial score (nSPS) is 22.4. The minimum absolute atomic E-state index is 0.310. The summed E-state index contributed by atoms with van der Waals surface area (Å²) in [5.41, 5.74) is 4.27. The first-order chi connectivity index (χ1) is 20.3. The first-order valence-electron chi connectivity index (χ1n) is 14.1. The molecule has 0 bridgehead atoms. The Kier molecular flexibility index (Phi) is 11.1. The van der Waals surface area contributed by atoms with E-state index in [0.717, 1.165) is 22.3 Å². The average Bonchev–Trinajstić information content (AvgIpc) is 3.04. The van der Waals surface area contributed by atoms with Gasteiger partial charge >= 0.3 is 0 Å². The van der Waals surface area contributed by atoms with Crippen LogP contribution in [0.4, 0.5) is 0 Å². The van der Waals surface area contributed by atoms with Gasteiger partial charge in [-0.3, -0.25) is 0 Å². The zero-order valence-electron chi connectivity index (χ0n) is 23.4. The summed E-state index contributed by atoms with van der Waals surface area (Å²) in [4.78, 5) is 0. The maximum Gasteiger partial charge on any atom is 0.186 e. The molecule has 41 heavy (non-hydrogen) atoms. The fourth-order valence-corrected chi connectivity index (χ4v) is 4.94. The third kappa shape index (κ3) is 8.57. The molecule has 1 aliphatic heterocycles. The fraction of sp³-hybridized carbons (Fsp3) is 0.314. The lowest BCUT2D eigenvalue weighted by molar-refractivity contribution is -0.323. The van der Waals surface area contributed by atoms with E-state index in [0.29, 0.717) is 33.0 Å². The molecule has 4 aromatic carbocycles. The largest absolute Gasteiger partial charge is 0.374 e. The second kappa shape index (κ2) is 15.6. The highest BCUT2D eigenvalue weighted by atomic mass is 16.7. The molecular formula is C35H38O6. The lowest BCUT2D eigenvalue weighted by Crippen LogP contribution is -2.61. The van der Waals surface area contributed by atoms with Gasteiger partial charge in [0.15, 0.2) is 6.29 Å². The van der Waals surface area contributed by atoms with Crippen molar-refractivity contribution in [2.75, 3.05) is 13.7 Å². The van der Waals surface area contributed by atoms with Crippen molar-refractivity contribution in [2.45, 2.75) is 57.1 Å². The molecule has 0 radical (unpaired) electrons. The number of hydrogen-bond acceptors (Lipinski definition) is 6. The second-order valence-electron chi connectivity index (χ2n) is 10.1. The SMILES string of the molecule is COC1O[C@H](COCc2ccccc2)[C@@H](OCc2ccccc2)[C@H](OCc2ccccc2)[C@H]1OCc1ccccc1. The monoisotopic (exact) mass is 554 g/mol. The maximum atomic E-state index is 6.63. The van der Waals surface area contributed by atoms with Gasteiger partial charge in [-0.05, 0) is 22.3 Å². The third-order valence-electron chi connectivity index (χ3n) is 7.07. The summed E-state index contributed by atoms with van der Waals surface area (Å²) in [5.74, 6) is 0. The Labute approximate surface area is 242 Å². The minimum atomic E-state index is -0.665. The van der Waals surface area contributed by atoms with Crippen molar-refractivity contribution in [1.82, 2.24) is 0 Å². The van der Waals surface area contributed by atoms with Crippen molar-refractivity contribution in [3.05, 3.63) is 144 Å². The number of benzene rings is 4. The first kappa shape index (κ1) is 29.1. The molecular weight excluding hydrogens is 516 g/mol. The smallest absolute Gasteiger partial charge is 0.186 e. The van der Waals surface area contributed by atoms with E-state index in [2.05, 4.69) is 0 Å². The molecule has 0 saturated carbocycles. The lowest BCUT2D eigenvalue weighted by Gasteiger charge is -2.45. The van der Waals surface area contributed by atoms with E-state index in [1.807, 2.05) is 121 Å². The summed E-state index contributed by atoms with van der Waals surface area (Å²) in [6.45, 7) is 1.97. The fourth-order valence-electron chi connectivity index (χ4n) is 4.94. The van der Waals surface area contributed by atoms with Crippen LogP contribution in [0.3, 0.4) is 0 Å². The van der Waals surface area contributed by atoms with E-state index in [9.17, 15) is 0 Å². The second-order valence-corrected chi connectivity index (χ2v) is 10.1. The van der Waals surface area contributed by atoms with Crippen molar-refractivity contribution >= 4 is 0 Å². The van der Waals surface area contributed by atoms with Crippen molar-refractivity contribution in [1.29, 1.82) is 0 Å². The van der Waals surface area contributed by atoms with E-state index < -0.39 is 30.7 Å². The van der Waals surface area contributed by atoms with E-state index in [-0.39, 0.29) is 0 Å². The van der Waals surface area contributed by atoms with Gasteiger partial charge in [0.1, 0.15) is 24.4 Å². The van der Waals surface area contributed by atoms with Gasteiger partial charge in [0.2, 0.25) is 0 Å². The van der Waals surface area contributed by atoms with Gasteiger partial charge in [-0.15, -0.1) is 0 Å². The standard InChI is InChI=1S/C35H38O6/c1-36-35-34(40-25-30-20-12-5-13-21-30)33(39-24-29-18-10-4-11-19-29)32(38-23-28-16-8-3-9-17-28)31(41-35)26-37-22-27-14-6-2-7-15-27/h2-21,31-35H,22-26H2,1H3/t31-,32-,33+,34-,35?/m1/s1. The molecule has 1 aliphatic rings. The topological polar surface area (TPSA) is 55.4 Å². The third-order valence-corrected chi connectivity index (χ3v) is 7.07. The molecule has 4 aromatic rings. The van der Waals surface area contributed by atoms with Crippen LogP contribution in [0.5, 0.6) is 0 Å². The molecule has 1 fully saturated rings. The number of rotatable bonds is 14. The number of ether oxygens (including phenoxy) is 6. The van der Waals surface area contributed by atoms with E-state index in [4.69, 9.17) is 28.4 Å². The molecule has 5 rings (SSSR count). The maximum absolute atomic E-state index is 6.63. The molecule has 0 N–H and O–H groups in total. The molecule has 0 spiro atoms. The Morgan fingerprint density at radius 2 is 0.878 bits per heavy atom. The van der Waals surface area contributed by atoms with E-state index >= 15 is 0 Å². The van der Waals surface area contributed by atoms with Crippen LogP contribution in [-0.4, -0.2) is 44.4 Å². The van der Waals surface area contributed by atoms with Crippen LogP contribution >= 0.6 is 0 Å². The predicted molar refractivity (Wildman–Crippen MR) is 157 cm³/mol. The van der Waals surface area contributed by atoms with Crippen molar-refractivity contribution in [3.8, 4) is 0 Å². The molecule has 0 aromatic heterocycles. The molecule has 6 nitrogen and oxygen atoms in total. The summed E-state index contributed by atoms with van der Waals surface area (Å²) in [6, 6.07) is 40.4. The number of methoxy groups -OCH3 is 1. The van der Waals surface area contributed by atoms with Crippen molar-refractivity contribution in [3.63, 3.8) is 0 Å². The Morgan fingerprint density at radius 1 is 0.488 bits per heavy atom. The highest BCUT2D eigenvalue weighted by Crippen LogP contribution is 2.31. The molecule has 1 heterocycles.